The molecule has 1 unspecified atom stereocenters. The van der Waals surface area contributed by atoms with Gasteiger partial charge in [-0.15, -0.1) is 0 Å². The summed E-state index contributed by atoms with van der Waals surface area (Å²) >= 11 is 0. The fraction of sp³-hybridized carbons (Fsp3) is 0.964. The van der Waals surface area contributed by atoms with Crippen LogP contribution in [0.4, 0.5) is 0 Å². The normalized spacial score (nSPS) is 59.9. The second kappa shape index (κ2) is 8.14. The SMILES string of the molecule is C[C@H]1CC[C@H]2[C@@](C)(O)[C@@H]3CC[C@@H]4[C@@H](C[C@H]5[C@H]4CC(=O)[C@H]4C[C@@H](O)CC[C@@]45C)[C@@H]3C[N+]2(C)C1.[I-]. The lowest BCUT2D eigenvalue weighted by molar-refractivity contribution is -0.959. The molecule has 0 amide bonds. The molecule has 6 fully saturated rings. The van der Waals surface area contributed by atoms with Crippen molar-refractivity contribution in [1.82, 2.24) is 0 Å². The van der Waals surface area contributed by atoms with Crippen molar-refractivity contribution in [3.8, 4) is 0 Å². The number of carbonyl (C=O) groups excluding carboxylic acids is 1. The van der Waals surface area contributed by atoms with E-state index >= 15 is 0 Å². The molecule has 33 heavy (non-hydrogen) atoms. The van der Waals surface area contributed by atoms with Gasteiger partial charge in [0.25, 0.3) is 0 Å². The largest absolute Gasteiger partial charge is 1.00 e. The number of hydrogen-bond donors (Lipinski definition) is 2. The van der Waals surface area contributed by atoms with E-state index in [1.165, 1.54) is 38.8 Å². The third-order valence-corrected chi connectivity index (χ3v) is 12.5. The number of aliphatic hydroxyl groups is 2. The minimum atomic E-state index is -0.562. The van der Waals surface area contributed by atoms with E-state index in [4.69, 9.17) is 0 Å². The first-order chi connectivity index (χ1) is 15.0. The molecule has 4 nitrogen and oxygen atoms in total. The molecule has 2 saturated heterocycles. The summed E-state index contributed by atoms with van der Waals surface area (Å²) in [6.45, 7) is 9.44. The standard InChI is InChI=1S/C28H46NO3.HI/c1-16-5-8-26-28(3,32)22-7-6-18-19(21(22)15-29(26,4)14-16)12-23-20(18)13-25(31)24-11-17(30)9-10-27(23,24)2;/h16-24,26,30,32H,5-15H2,1-4H3;1H/q+1;/p-1/t16-,17-,18+,19+,20-,21-,22+,23-,24+,26-,27+,28-,29?;/m0./s1. The number of nitrogens with zero attached hydrogens (tertiary/aromatic N) is 1. The number of aliphatic hydroxyl groups excluding tert-OH is 1. The van der Waals surface area contributed by atoms with Gasteiger partial charge in [0, 0.05) is 36.5 Å². The van der Waals surface area contributed by atoms with Gasteiger partial charge >= 0.3 is 0 Å². The van der Waals surface area contributed by atoms with Crippen LogP contribution in [0.25, 0.3) is 0 Å². The van der Waals surface area contributed by atoms with Gasteiger partial charge in [0.1, 0.15) is 17.4 Å². The maximum Gasteiger partial charge on any atom is 0.136 e. The molecular formula is C28H46INO3. The highest BCUT2D eigenvalue weighted by atomic mass is 127. The number of rotatable bonds is 0. The van der Waals surface area contributed by atoms with Gasteiger partial charge in [-0.2, -0.15) is 0 Å². The Morgan fingerprint density at radius 1 is 0.909 bits per heavy atom. The Morgan fingerprint density at radius 3 is 2.42 bits per heavy atom. The number of ketones is 1. The molecule has 13 atom stereocenters. The van der Waals surface area contributed by atoms with E-state index in [0.29, 0.717) is 53.8 Å². The first kappa shape index (κ1) is 25.0. The summed E-state index contributed by atoms with van der Waals surface area (Å²) in [7, 11) is 2.44. The maximum absolute atomic E-state index is 13.3. The molecule has 6 rings (SSSR count). The Morgan fingerprint density at radius 2 is 1.67 bits per heavy atom. The summed E-state index contributed by atoms with van der Waals surface area (Å²) in [5.74, 6) is 4.87. The Balaban J connectivity index is 0.00000228. The lowest BCUT2D eigenvalue weighted by Crippen LogP contribution is -3.00. The second-order valence-electron chi connectivity index (χ2n) is 14.1. The maximum atomic E-state index is 13.3. The molecule has 2 heterocycles. The van der Waals surface area contributed by atoms with Gasteiger partial charge in [-0.05, 0) is 81.0 Å². The van der Waals surface area contributed by atoms with Crippen molar-refractivity contribution in [2.24, 2.45) is 52.8 Å². The van der Waals surface area contributed by atoms with Crippen LogP contribution in [0.5, 0.6) is 0 Å². The third kappa shape index (κ3) is 3.48. The number of fused-ring (bicyclic) bond motifs is 8. The van der Waals surface area contributed by atoms with Gasteiger partial charge in [0.15, 0.2) is 0 Å². The minimum Gasteiger partial charge on any atom is -1.00 e. The molecule has 2 aliphatic heterocycles. The molecule has 188 valence electrons. The molecule has 0 aromatic rings. The highest BCUT2D eigenvalue weighted by molar-refractivity contribution is 5.83. The molecule has 5 heteroatoms. The number of hydrogen-bond acceptors (Lipinski definition) is 3. The van der Waals surface area contributed by atoms with Crippen molar-refractivity contribution in [3.63, 3.8) is 0 Å². The van der Waals surface area contributed by atoms with E-state index in [0.717, 1.165) is 36.1 Å². The molecule has 0 bridgehead atoms. The van der Waals surface area contributed by atoms with E-state index in [-0.39, 0.29) is 41.4 Å². The van der Waals surface area contributed by atoms with Crippen LogP contribution in [0.3, 0.4) is 0 Å². The van der Waals surface area contributed by atoms with Gasteiger partial charge in [0.2, 0.25) is 0 Å². The van der Waals surface area contributed by atoms with Crippen molar-refractivity contribution in [2.75, 3.05) is 20.1 Å². The van der Waals surface area contributed by atoms with Gasteiger partial charge in [-0.25, -0.2) is 0 Å². The number of likely N-dealkylation sites (N-methyl/N-ethyl adjacent to an activating group) is 1. The average molecular weight is 572 g/mol. The van der Waals surface area contributed by atoms with Crippen LogP contribution in [-0.4, -0.2) is 58.4 Å². The molecule has 0 aromatic carbocycles. The van der Waals surface area contributed by atoms with Crippen LogP contribution in [0.15, 0.2) is 0 Å². The summed E-state index contributed by atoms with van der Waals surface area (Å²) in [6.07, 6.45) is 9.13. The summed E-state index contributed by atoms with van der Waals surface area (Å²) in [5.41, 5.74) is -0.475. The van der Waals surface area contributed by atoms with Gasteiger partial charge in [-0.3, -0.25) is 4.79 Å². The van der Waals surface area contributed by atoms with Crippen molar-refractivity contribution in [2.45, 2.75) is 96.3 Å². The molecular weight excluding hydrogens is 525 g/mol. The minimum absolute atomic E-state index is 0. The van der Waals surface area contributed by atoms with Crippen LogP contribution in [-0.2, 0) is 4.79 Å². The van der Waals surface area contributed by atoms with E-state index < -0.39 is 5.60 Å². The quantitative estimate of drug-likeness (QED) is 0.338. The predicted molar refractivity (Wildman–Crippen MR) is 125 cm³/mol. The van der Waals surface area contributed by atoms with Gasteiger partial charge in [-0.1, -0.05) is 13.8 Å². The van der Waals surface area contributed by atoms with E-state index in [9.17, 15) is 15.0 Å². The molecule has 2 N–H and O–H groups in total. The van der Waals surface area contributed by atoms with Crippen LogP contribution in [0.1, 0.15) is 78.6 Å². The third-order valence-electron chi connectivity index (χ3n) is 12.5. The highest BCUT2D eigenvalue weighted by Crippen LogP contribution is 2.67. The van der Waals surface area contributed by atoms with Crippen LogP contribution in [0, 0.1) is 52.8 Å². The first-order valence-electron chi connectivity index (χ1n) is 13.8. The van der Waals surface area contributed by atoms with Crippen molar-refractivity contribution < 1.29 is 43.5 Å². The zero-order valence-electron chi connectivity index (χ0n) is 21.2. The Labute approximate surface area is 217 Å². The zero-order chi connectivity index (χ0) is 22.6. The molecule has 0 spiro atoms. The summed E-state index contributed by atoms with van der Waals surface area (Å²) in [4.78, 5) is 13.3. The lowest BCUT2D eigenvalue weighted by atomic mass is 9.51. The number of Topliss-reactive ketones (excluding diaryl/α,β-unsaturated/α-hetero) is 1. The average Bonchev–Trinajstić information content (AvgIpc) is 3.08. The number of halogens is 1. The zero-order valence-corrected chi connectivity index (χ0v) is 23.3. The van der Waals surface area contributed by atoms with Crippen LogP contribution < -0.4 is 24.0 Å². The predicted octanol–water partition coefficient (Wildman–Crippen LogP) is 1.03. The van der Waals surface area contributed by atoms with E-state index in [2.05, 4.69) is 27.8 Å². The molecule has 6 aliphatic rings. The summed E-state index contributed by atoms with van der Waals surface area (Å²) < 4.78 is 1.07. The van der Waals surface area contributed by atoms with E-state index in [1.807, 2.05) is 0 Å². The van der Waals surface area contributed by atoms with Gasteiger partial charge in [0.05, 0.1) is 26.2 Å². The Bertz CT molecular complexity index is 797. The molecule has 4 aliphatic carbocycles. The number of carbonyl (C=O) groups is 1. The van der Waals surface area contributed by atoms with Crippen molar-refractivity contribution in [3.05, 3.63) is 0 Å². The fourth-order valence-corrected chi connectivity index (χ4v) is 11.3. The van der Waals surface area contributed by atoms with Gasteiger partial charge < -0.3 is 38.7 Å². The molecule has 0 aromatic heterocycles. The van der Waals surface area contributed by atoms with Crippen LogP contribution in [0.2, 0.25) is 0 Å². The van der Waals surface area contributed by atoms with Crippen molar-refractivity contribution >= 4 is 5.78 Å². The Hall–Kier alpha value is 0.280. The summed E-state index contributed by atoms with van der Waals surface area (Å²) in [5, 5.41) is 22.3. The number of quaternary nitrogens is 1. The summed E-state index contributed by atoms with van der Waals surface area (Å²) in [6, 6.07) is 0.392. The highest BCUT2D eigenvalue weighted by Gasteiger charge is 2.67. The first-order valence-corrected chi connectivity index (χ1v) is 13.8. The Kier molecular flexibility index (Phi) is 6.16. The smallest absolute Gasteiger partial charge is 0.136 e. The van der Waals surface area contributed by atoms with Crippen molar-refractivity contribution in [1.29, 1.82) is 0 Å². The monoisotopic (exact) mass is 571 g/mol. The molecule has 4 saturated carbocycles. The lowest BCUT2D eigenvalue weighted by Gasteiger charge is -2.62. The fourth-order valence-electron chi connectivity index (χ4n) is 11.3. The van der Waals surface area contributed by atoms with Crippen LogP contribution >= 0.6 is 0 Å². The second-order valence-corrected chi connectivity index (χ2v) is 14.1. The number of piperidine rings is 2. The van der Waals surface area contributed by atoms with E-state index in [1.54, 1.807) is 0 Å². The molecule has 0 radical (unpaired) electrons. The topological polar surface area (TPSA) is 57.5 Å².